The second-order valence-electron chi connectivity index (χ2n) is 3.14. The Balaban J connectivity index is 1.93. The van der Waals surface area contributed by atoms with Crippen molar-refractivity contribution < 1.29 is 9.53 Å². The van der Waals surface area contributed by atoms with Crippen LogP contribution in [-0.2, 0) is 9.53 Å². The van der Waals surface area contributed by atoms with Crippen LogP contribution in [0.2, 0.25) is 0 Å². The van der Waals surface area contributed by atoms with E-state index in [4.69, 9.17) is 4.74 Å². The lowest BCUT2D eigenvalue weighted by molar-refractivity contribution is -0.133. The highest BCUT2D eigenvalue weighted by Crippen LogP contribution is 2.12. The van der Waals surface area contributed by atoms with Crippen molar-refractivity contribution in [1.82, 2.24) is 9.97 Å². The molecule has 1 amide bonds. The Morgan fingerprint density at radius 1 is 1.77 bits per heavy atom. The maximum Gasteiger partial charge on any atom is 0.234 e. The number of hydrogen-bond donors (Lipinski definition) is 2. The SMILES string of the molecule is Cc1cnc(NC(=O)C2COC2)[nH]1. The molecule has 2 rings (SSSR count). The van der Waals surface area contributed by atoms with E-state index in [2.05, 4.69) is 15.3 Å². The summed E-state index contributed by atoms with van der Waals surface area (Å²) >= 11 is 0. The highest BCUT2D eigenvalue weighted by Gasteiger charge is 2.26. The largest absolute Gasteiger partial charge is 0.380 e. The molecule has 0 aromatic carbocycles. The van der Waals surface area contributed by atoms with E-state index in [1.54, 1.807) is 6.20 Å². The van der Waals surface area contributed by atoms with Gasteiger partial charge in [0.25, 0.3) is 0 Å². The lowest BCUT2D eigenvalue weighted by atomic mass is 10.1. The predicted molar refractivity (Wildman–Crippen MR) is 46.3 cm³/mol. The van der Waals surface area contributed by atoms with Gasteiger partial charge in [0.2, 0.25) is 11.9 Å². The molecule has 70 valence electrons. The van der Waals surface area contributed by atoms with Crippen molar-refractivity contribution in [2.45, 2.75) is 6.92 Å². The number of carbonyl (C=O) groups excluding carboxylic acids is 1. The van der Waals surface area contributed by atoms with Gasteiger partial charge in [-0.3, -0.25) is 10.1 Å². The molecule has 5 nitrogen and oxygen atoms in total. The molecule has 0 radical (unpaired) electrons. The quantitative estimate of drug-likeness (QED) is 0.689. The van der Waals surface area contributed by atoms with Crippen molar-refractivity contribution in [2.24, 2.45) is 5.92 Å². The summed E-state index contributed by atoms with van der Waals surface area (Å²) in [6.07, 6.45) is 1.67. The zero-order valence-electron chi connectivity index (χ0n) is 7.33. The third kappa shape index (κ3) is 1.70. The summed E-state index contributed by atoms with van der Waals surface area (Å²) in [5.74, 6) is 0.473. The summed E-state index contributed by atoms with van der Waals surface area (Å²) in [4.78, 5) is 18.2. The fourth-order valence-electron chi connectivity index (χ4n) is 1.08. The Kier molecular flexibility index (Phi) is 2.02. The van der Waals surface area contributed by atoms with E-state index in [0.717, 1.165) is 5.69 Å². The number of H-pyrrole nitrogens is 1. The van der Waals surface area contributed by atoms with Crippen molar-refractivity contribution >= 4 is 11.9 Å². The van der Waals surface area contributed by atoms with Gasteiger partial charge in [-0.1, -0.05) is 0 Å². The van der Waals surface area contributed by atoms with Crippen molar-refractivity contribution in [2.75, 3.05) is 18.5 Å². The molecule has 1 fully saturated rings. The Hall–Kier alpha value is -1.36. The van der Waals surface area contributed by atoms with E-state index in [0.29, 0.717) is 19.2 Å². The standard InChI is InChI=1S/C8H11N3O2/c1-5-2-9-8(10-5)11-7(12)6-3-13-4-6/h2,6H,3-4H2,1H3,(H2,9,10,11,12). The minimum Gasteiger partial charge on any atom is -0.380 e. The van der Waals surface area contributed by atoms with Crippen molar-refractivity contribution in [3.05, 3.63) is 11.9 Å². The number of hydrogen-bond acceptors (Lipinski definition) is 3. The van der Waals surface area contributed by atoms with Gasteiger partial charge in [-0.05, 0) is 6.92 Å². The van der Waals surface area contributed by atoms with Crippen LogP contribution in [0.3, 0.4) is 0 Å². The first-order valence-corrected chi connectivity index (χ1v) is 4.16. The smallest absolute Gasteiger partial charge is 0.234 e. The Morgan fingerprint density at radius 3 is 3.00 bits per heavy atom. The lowest BCUT2D eigenvalue weighted by Gasteiger charge is -2.23. The number of amides is 1. The topological polar surface area (TPSA) is 67.0 Å². The molecule has 1 aliphatic heterocycles. The van der Waals surface area contributed by atoms with E-state index in [9.17, 15) is 4.79 Å². The van der Waals surface area contributed by atoms with Gasteiger partial charge >= 0.3 is 0 Å². The van der Waals surface area contributed by atoms with Crippen LogP contribution in [0.5, 0.6) is 0 Å². The minimum absolute atomic E-state index is 0.00888. The highest BCUT2D eigenvalue weighted by atomic mass is 16.5. The first-order valence-electron chi connectivity index (χ1n) is 4.16. The summed E-state index contributed by atoms with van der Waals surface area (Å²) in [6.45, 7) is 2.92. The van der Waals surface area contributed by atoms with Crippen LogP contribution < -0.4 is 5.32 Å². The van der Waals surface area contributed by atoms with Crippen molar-refractivity contribution in [1.29, 1.82) is 0 Å². The number of anilines is 1. The predicted octanol–water partition coefficient (Wildman–Crippen LogP) is 0.303. The van der Waals surface area contributed by atoms with E-state index in [-0.39, 0.29) is 11.8 Å². The normalized spacial score (nSPS) is 16.7. The third-order valence-electron chi connectivity index (χ3n) is 1.95. The van der Waals surface area contributed by atoms with Crippen LogP contribution >= 0.6 is 0 Å². The fraction of sp³-hybridized carbons (Fsp3) is 0.500. The molecule has 0 bridgehead atoms. The molecule has 5 heteroatoms. The summed E-state index contributed by atoms with van der Waals surface area (Å²) in [5, 5.41) is 2.68. The summed E-state index contributed by atoms with van der Waals surface area (Å²) in [6, 6.07) is 0. The molecule has 13 heavy (non-hydrogen) atoms. The molecule has 0 spiro atoms. The number of aryl methyl sites for hydroxylation is 1. The van der Waals surface area contributed by atoms with Crippen LogP contribution in [-0.4, -0.2) is 29.1 Å². The van der Waals surface area contributed by atoms with E-state index >= 15 is 0 Å². The molecule has 1 saturated heterocycles. The highest BCUT2D eigenvalue weighted by molar-refractivity contribution is 5.91. The number of nitrogens with zero attached hydrogens (tertiary/aromatic N) is 1. The van der Waals surface area contributed by atoms with E-state index in [1.807, 2.05) is 6.92 Å². The van der Waals surface area contributed by atoms with Gasteiger partial charge in [-0.15, -0.1) is 0 Å². The number of ether oxygens (including phenoxy) is 1. The van der Waals surface area contributed by atoms with Crippen LogP contribution in [0, 0.1) is 12.8 Å². The molecule has 1 aromatic rings. The van der Waals surface area contributed by atoms with Crippen LogP contribution in [0.4, 0.5) is 5.95 Å². The molecule has 0 unspecified atom stereocenters. The number of imidazole rings is 1. The number of rotatable bonds is 2. The van der Waals surface area contributed by atoms with Gasteiger partial charge in [0, 0.05) is 11.9 Å². The minimum atomic E-state index is -0.0272. The van der Waals surface area contributed by atoms with Gasteiger partial charge in [0.1, 0.15) is 0 Å². The molecule has 0 aliphatic carbocycles. The van der Waals surface area contributed by atoms with Crippen LogP contribution in [0.1, 0.15) is 5.69 Å². The number of carbonyl (C=O) groups is 1. The van der Waals surface area contributed by atoms with Gasteiger partial charge in [-0.2, -0.15) is 0 Å². The zero-order chi connectivity index (χ0) is 9.26. The van der Waals surface area contributed by atoms with E-state index in [1.165, 1.54) is 0 Å². The molecular formula is C8H11N3O2. The molecule has 2 heterocycles. The van der Waals surface area contributed by atoms with Crippen LogP contribution in [0.15, 0.2) is 6.20 Å². The van der Waals surface area contributed by atoms with Gasteiger partial charge in [0.05, 0.1) is 19.1 Å². The summed E-state index contributed by atoms with van der Waals surface area (Å²) in [7, 11) is 0. The second-order valence-corrected chi connectivity index (χ2v) is 3.14. The van der Waals surface area contributed by atoms with Gasteiger partial charge < -0.3 is 9.72 Å². The average Bonchev–Trinajstić information content (AvgIpc) is 2.31. The third-order valence-corrected chi connectivity index (χ3v) is 1.95. The molecule has 1 aromatic heterocycles. The molecule has 2 N–H and O–H groups in total. The molecule has 1 aliphatic rings. The molecular weight excluding hydrogens is 170 g/mol. The van der Waals surface area contributed by atoms with Gasteiger partial charge in [0.15, 0.2) is 0 Å². The average molecular weight is 181 g/mol. The summed E-state index contributed by atoms with van der Waals surface area (Å²) in [5.41, 5.74) is 0.931. The van der Waals surface area contributed by atoms with E-state index < -0.39 is 0 Å². The van der Waals surface area contributed by atoms with Gasteiger partial charge in [-0.25, -0.2) is 4.98 Å². The maximum atomic E-state index is 11.4. The number of nitrogens with one attached hydrogen (secondary N) is 2. The Labute approximate surface area is 75.5 Å². The molecule has 0 atom stereocenters. The first-order chi connectivity index (χ1) is 6.25. The van der Waals surface area contributed by atoms with Crippen molar-refractivity contribution in [3.8, 4) is 0 Å². The molecule has 0 saturated carbocycles. The number of aromatic amines is 1. The zero-order valence-corrected chi connectivity index (χ0v) is 7.33. The monoisotopic (exact) mass is 181 g/mol. The maximum absolute atomic E-state index is 11.4. The van der Waals surface area contributed by atoms with Crippen LogP contribution in [0.25, 0.3) is 0 Å². The van der Waals surface area contributed by atoms with Crippen molar-refractivity contribution in [3.63, 3.8) is 0 Å². The Morgan fingerprint density at radius 2 is 2.54 bits per heavy atom. The lowest BCUT2D eigenvalue weighted by Crippen LogP contribution is -2.38. The Bertz CT molecular complexity index is 317. The second kappa shape index (κ2) is 3.18. The fourth-order valence-corrected chi connectivity index (χ4v) is 1.08. The number of aromatic nitrogens is 2. The summed E-state index contributed by atoms with van der Waals surface area (Å²) < 4.78 is 4.91. The first kappa shape index (κ1) is 8.25.